The lowest BCUT2D eigenvalue weighted by Crippen LogP contribution is -1.93. The van der Waals surface area contributed by atoms with Gasteiger partial charge in [-0.2, -0.15) is 0 Å². The third-order valence-corrected chi connectivity index (χ3v) is 1.66. The minimum absolute atomic E-state index is 0.500. The van der Waals surface area contributed by atoms with Gasteiger partial charge in [0.1, 0.15) is 0 Å². The molecule has 0 unspecified atom stereocenters. The predicted octanol–water partition coefficient (Wildman–Crippen LogP) is 4.95. The maximum Gasteiger partial charge on any atom is -0.0351 e. The van der Waals surface area contributed by atoms with Crippen molar-refractivity contribution in [1.29, 1.82) is 0 Å². The van der Waals surface area contributed by atoms with Gasteiger partial charge in [0, 0.05) is 0 Å². The average Bonchev–Trinajstić information content (AvgIpc) is 1.79. The van der Waals surface area contributed by atoms with Crippen LogP contribution in [0.25, 0.3) is 0 Å². The van der Waals surface area contributed by atoms with Crippen LogP contribution in [0.4, 0.5) is 0 Å². The lowest BCUT2D eigenvalue weighted by molar-refractivity contribution is 0.469. The highest BCUT2D eigenvalue weighted by atomic mass is 14.0. The molecule has 0 aromatic heterocycles. The Kier molecular flexibility index (Phi) is 7.03. The Balaban J connectivity index is 0.000000252. The molecule has 0 atom stereocenters. The van der Waals surface area contributed by atoms with Crippen molar-refractivity contribution < 1.29 is 0 Å². The monoisotopic (exact) mass is 182 g/mol. The van der Waals surface area contributed by atoms with Gasteiger partial charge in [0.15, 0.2) is 0 Å². The van der Waals surface area contributed by atoms with Crippen molar-refractivity contribution in [3.63, 3.8) is 0 Å². The highest BCUT2D eigenvalue weighted by molar-refractivity contribution is 4.82. The lowest BCUT2D eigenvalue weighted by Gasteiger charge is -2.05. The molecule has 1 rings (SSSR count). The van der Waals surface area contributed by atoms with Crippen LogP contribution in [-0.2, 0) is 0 Å². The molecule has 13 heavy (non-hydrogen) atoms. The molecule has 0 nitrogen and oxygen atoms in total. The molecule has 0 aromatic carbocycles. The zero-order valence-corrected chi connectivity index (χ0v) is 9.90. The fourth-order valence-corrected chi connectivity index (χ4v) is 1.11. The second-order valence-corrected chi connectivity index (χ2v) is 5.46. The summed E-state index contributed by atoms with van der Waals surface area (Å²) in [4.78, 5) is 0. The maximum absolute atomic E-state index is 2.32. The van der Waals surface area contributed by atoms with Crippen LogP contribution in [0.5, 0.6) is 0 Å². The molecule has 0 heterocycles. The summed E-state index contributed by atoms with van der Waals surface area (Å²) in [6.07, 6.45) is 13.0. The summed E-state index contributed by atoms with van der Waals surface area (Å²) in [6.45, 7) is 8.75. The third kappa shape index (κ3) is 18.6. The minimum atomic E-state index is 0.500. The Labute approximate surface area is 84.4 Å². The predicted molar refractivity (Wildman–Crippen MR) is 62.0 cm³/mol. The summed E-state index contributed by atoms with van der Waals surface area (Å²) >= 11 is 0. The Morgan fingerprint density at radius 1 is 0.692 bits per heavy atom. The first-order valence-corrected chi connectivity index (χ1v) is 5.65. The summed E-state index contributed by atoms with van der Waals surface area (Å²) in [5, 5.41) is 0. The van der Waals surface area contributed by atoms with Crippen LogP contribution >= 0.6 is 0 Å². The molecule has 78 valence electrons. The normalized spacial score (nSPS) is 18.2. The van der Waals surface area contributed by atoms with E-state index in [0.29, 0.717) is 5.41 Å². The van der Waals surface area contributed by atoms with E-state index in [2.05, 4.69) is 39.8 Å². The highest BCUT2D eigenvalue weighted by Gasteiger charge is 1.95. The molecule has 0 heteroatoms. The van der Waals surface area contributed by atoms with Gasteiger partial charge in [0.05, 0.1) is 0 Å². The van der Waals surface area contributed by atoms with Crippen molar-refractivity contribution in [1.82, 2.24) is 0 Å². The van der Waals surface area contributed by atoms with Gasteiger partial charge in [0.2, 0.25) is 0 Å². The van der Waals surface area contributed by atoms with Gasteiger partial charge >= 0.3 is 0 Å². The molecule has 0 aromatic rings. The molecule has 0 saturated heterocycles. The zero-order valence-electron chi connectivity index (χ0n) is 9.90. The first-order valence-electron chi connectivity index (χ1n) is 5.65. The second-order valence-electron chi connectivity index (χ2n) is 5.46. The molecule has 0 aliphatic heterocycles. The summed E-state index contributed by atoms with van der Waals surface area (Å²) in [7, 11) is 0. The average molecular weight is 182 g/mol. The van der Waals surface area contributed by atoms with E-state index in [1.54, 1.807) is 0 Å². The molecule has 0 N–H and O–H groups in total. The van der Waals surface area contributed by atoms with Crippen LogP contribution in [0.15, 0.2) is 12.2 Å². The molecule has 1 aliphatic carbocycles. The van der Waals surface area contributed by atoms with E-state index in [1.807, 2.05) is 0 Å². The second kappa shape index (κ2) is 7.17. The smallest absolute Gasteiger partial charge is 0.0351 e. The van der Waals surface area contributed by atoms with Gasteiger partial charge < -0.3 is 0 Å². The Bertz CT molecular complexity index is 109. The first-order chi connectivity index (χ1) is 6.00. The van der Waals surface area contributed by atoms with Crippen molar-refractivity contribution >= 4 is 0 Å². The van der Waals surface area contributed by atoms with E-state index in [0.717, 1.165) is 0 Å². The minimum Gasteiger partial charge on any atom is -0.0885 e. The molecule has 0 amide bonds. The van der Waals surface area contributed by atoms with Crippen LogP contribution in [0.2, 0.25) is 0 Å². The number of rotatable bonds is 0. The Hall–Kier alpha value is -0.260. The fourth-order valence-electron chi connectivity index (χ4n) is 1.11. The molecule has 0 fully saturated rings. The quantitative estimate of drug-likeness (QED) is 0.465. The van der Waals surface area contributed by atoms with E-state index in [-0.39, 0.29) is 0 Å². The largest absolute Gasteiger partial charge is 0.0885 e. The third-order valence-electron chi connectivity index (χ3n) is 1.66. The Morgan fingerprint density at radius 2 is 1.00 bits per heavy atom. The van der Waals surface area contributed by atoms with Crippen molar-refractivity contribution in [3.05, 3.63) is 12.2 Å². The van der Waals surface area contributed by atoms with E-state index in [1.165, 1.54) is 38.5 Å². The summed E-state index contributed by atoms with van der Waals surface area (Å²) < 4.78 is 0. The molecular weight excluding hydrogens is 156 g/mol. The van der Waals surface area contributed by atoms with Crippen LogP contribution in [-0.4, -0.2) is 0 Å². The van der Waals surface area contributed by atoms with Crippen LogP contribution in [0, 0.1) is 5.41 Å². The topological polar surface area (TPSA) is 0 Å². The van der Waals surface area contributed by atoms with Gasteiger partial charge in [-0.05, 0) is 31.1 Å². The van der Waals surface area contributed by atoms with Gasteiger partial charge in [-0.15, -0.1) is 0 Å². The fraction of sp³-hybridized carbons (Fsp3) is 0.846. The number of hydrogen-bond donors (Lipinski definition) is 0. The van der Waals surface area contributed by atoms with Gasteiger partial charge in [-0.1, -0.05) is 52.7 Å². The molecule has 0 radical (unpaired) electrons. The number of hydrogen-bond acceptors (Lipinski definition) is 0. The molecule has 0 bridgehead atoms. The molecule has 0 saturated carbocycles. The van der Waals surface area contributed by atoms with Crippen LogP contribution in [0.1, 0.15) is 66.2 Å². The SMILES string of the molecule is C1=CCCCCCC1.CC(C)(C)C. The maximum atomic E-state index is 2.32. The zero-order chi connectivity index (χ0) is 10.2. The van der Waals surface area contributed by atoms with Crippen molar-refractivity contribution in [2.45, 2.75) is 66.2 Å². The van der Waals surface area contributed by atoms with Gasteiger partial charge in [-0.3, -0.25) is 0 Å². The van der Waals surface area contributed by atoms with Crippen molar-refractivity contribution in [3.8, 4) is 0 Å². The molecule has 0 spiro atoms. The summed E-state index contributed by atoms with van der Waals surface area (Å²) in [5.74, 6) is 0. The van der Waals surface area contributed by atoms with E-state index < -0.39 is 0 Å². The van der Waals surface area contributed by atoms with Crippen LogP contribution < -0.4 is 0 Å². The van der Waals surface area contributed by atoms with Crippen molar-refractivity contribution in [2.75, 3.05) is 0 Å². The first kappa shape index (κ1) is 12.7. The van der Waals surface area contributed by atoms with Crippen LogP contribution in [0.3, 0.4) is 0 Å². The Morgan fingerprint density at radius 3 is 1.31 bits per heavy atom. The highest BCUT2D eigenvalue weighted by Crippen LogP contribution is 2.10. The summed E-state index contributed by atoms with van der Waals surface area (Å²) in [6, 6.07) is 0. The van der Waals surface area contributed by atoms with E-state index in [9.17, 15) is 0 Å². The van der Waals surface area contributed by atoms with Crippen molar-refractivity contribution in [2.24, 2.45) is 5.41 Å². The standard InChI is InChI=1S/C8H14.C5H12/c1-2-4-6-8-7-5-3-1;1-5(2,3)4/h1-2H,3-8H2;1-4H3. The molecular formula is C13H26. The van der Waals surface area contributed by atoms with Gasteiger partial charge in [-0.25, -0.2) is 0 Å². The van der Waals surface area contributed by atoms with E-state index >= 15 is 0 Å². The lowest BCUT2D eigenvalue weighted by atomic mass is 10.0. The number of allylic oxidation sites excluding steroid dienone is 2. The molecule has 1 aliphatic rings. The van der Waals surface area contributed by atoms with Gasteiger partial charge in [0.25, 0.3) is 0 Å². The van der Waals surface area contributed by atoms with E-state index in [4.69, 9.17) is 0 Å². The summed E-state index contributed by atoms with van der Waals surface area (Å²) in [5.41, 5.74) is 0.500.